The summed E-state index contributed by atoms with van der Waals surface area (Å²) in [5, 5.41) is 1.21. The van der Waals surface area contributed by atoms with Gasteiger partial charge in [-0.1, -0.05) is 29.8 Å². The van der Waals surface area contributed by atoms with E-state index in [9.17, 15) is 0 Å². The SMILES string of the molecule is CC.COCc1cc(Br)c2cc[nH]c2c1. The third-order valence-electron chi connectivity index (χ3n) is 1.99. The van der Waals surface area contributed by atoms with Gasteiger partial charge in [-0.2, -0.15) is 0 Å². The number of nitrogens with one attached hydrogen (secondary N) is 1. The number of hydrogen-bond acceptors (Lipinski definition) is 1. The van der Waals surface area contributed by atoms with Crippen molar-refractivity contribution in [3.8, 4) is 0 Å². The van der Waals surface area contributed by atoms with Crippen LogP contribution in [0.15, 0.2) is 28.9 Å². The van der Waals surface area contributed by atoms with Crippen LogP contribution in [0.5, 0.6) is 0 Å². The number of fused-ring (bicyclic) bond motifs is 1. The molecule has 1 N–H and O–H groups in total. The minimum atomic E-state index is 0.646. The summed E-state index contributed by atoms with van der Waals surface area (Å²) in [6.07, 6.45) is 1.94. The quantitative estimate of drug-likeness (QED) is 0.873. The van der Waals surface area contributed by atoms with E-state index in [4.69, 9.17) is 4.74 Å². The number of H-pyrrole nitrogens is 1. The Morgan fingerprint density at radius 1 is 1.33 bits per heavy atom. The van der Waals surface area contributed by atoms with Crippen molar-refractivity contribution >= 4 is 26.8 Å². The topological polar surface area (TPSA) is 25.0 Å². The molecule has 0 unspecified atom stereocenters. The Morgan fingerprint density at radius 3 is 2.73 bits per heavy atom. The van der Waals surface area contributed by atoms with E-state index in [1.165, 1.54) is 10.9 Å². The van der Waals surface area contributed by atoms with Gasteiger partial charge in [-0.15, -0.1) is 0 Å². The Labute approximate surface area is 98.8 Å². The fourth-order valence-electron chi connectivity index (χ4n) is 1.43. The lowest BCUT2D eigenvalue weighted by molar-refractivity contribution is 0.185. The zero-order valence-electron chi connectivity index (χ0n) is 9.30. The van der Waals surface area contributed by atoms with E-state index in [-0.39, 0.29) is 0 Å². The molecule has 0 aliphatic rings. The number of aromatic nitrogens is 1. The van der Waals surface area contributed by atoms with Crippen molar-refractivity contribution in [3.63, 3.8) is 0 Å². The van der Waals surface area contributed by atoms with Crippen molar-refractivity contribution in [3.05, 3.63) is 34.4 Å². The highest BCUT2D eigenvalue weighted by Gasteiger charge is 2.01. The predicted octanol–water partition coefficient (Wildman–Crippen LogP) is 4.10. The molecule has 0 saturated carbocycles. The normalized spacial score (nSPS) is 9.87. The number of aromatic amines is 1. The molecule has 0 aliphatic carbocycles. The van der Waals surface area contributed by atoms with Gasteiger partial charge < -0.3 is 9.72 Å². The first-order valence-corrected chi connectivity index (χ1v) is 5.85. The highest BCUT2D eigenvalue weighted by Crippen LogP contribution is 2.25. The molecule has 2 aromatic rings. The third kappa shape index (κ3) is 2.83. The zero-order valence-corrected chi connectivity index (χ0v) is 10.9. The third-order valence-corrected chi connectivity index (χ3v) is 2.65. The van der Waals surface area contributed by atoms with Gasteiger partial charge in [0.2, 0.25) is 0 Å². The van der Waals surface area contributed by atoms with Crippen LogP contribution in [0.3, 0.4) is 0 Å². The summed E-state index contributed by atoms with van der Waals surface area (Å²) < 4.78 is 6.18. The van der Waals surface area contributed by atoms with Gasteiger partial charge in [-0.3, -0.25) is 0 Å². The average molecular weight is 270 g/mol. The number of hydrogen-bond donors (Lipinski definition) is 1. The number of rotatable bonds is 2. The van der Waals surface area contributed by atoms with Gasteiger partial charge in [0, 0.05) is 28.7 Å². The fourth-order valence-corrected chi connectivity index (χ4v) is 2.07. The van der Waals surface area contributed by atoms with Crippen molar-refractivity contribution in [1.29, 1.82) is 0 Å². The number of methoxy groups -OCH3 is 1. The van der Waals surface area contributed by atoms with Crippen LogP contribution in [0.4, 0.5) is 0 Å². The Bertz CT molecular complexity index is 422. The first kappa shape index (κ1) is 12.3. The molecule has 15 heavy (non-hydrogen) atoms. The van der Waals surface area contributed by atoms with Gasteiger partial charge in [-0.05, 0) is 23.8 Å². The number of halogens is 1. The highest BCUT2D eigenvalue weighted by molar-refractivity contribution is 9.10. The maximum atomic E-state index is 5.07. The molecular formula is C12H16BrNO. The monoisotopic (exact) mass is 269 g/mol. The van der Waals surface area contributed by atoms with E-state index in [2.05, 4.69) is 39.1 Å². The number of ether oxygens (including phenoxy) is 1. The molecule has 0 atom stereocenters. The molecule has 1 heterocycles. The summed E-state index contributed by atoms with van der Waals surface area (Å²) in [4.78, 5) is 3.17. The van der Waals surface area contributed by atoms with Crippen molar-refractivity contribution in [1.82, 2.24) is 4.98 Å². The Morgan fingerprint density at radius 2 is 2.07 bits per heavy atom. The van der Waals surface area contributed by atoms with Gasteiger partial charge in [-0.25, -0.2) is 0 Å². The largest absolute Gasteiger partial charge is 0.380 e. The van der Waals surface area contributed by atoms with Crippen LogP contribution in [0, 0.1) is 0 Å². The van der Waals surface area contributed by atoms with Gasteiger partial charge in [0.25, 0.3) is 0 Å². The van der Waals surface area contributed by atoms with E-state index in [1.807, 2.05) is 20.0 Å². The summed E-state index contributed by atoms with van der Waals surface area (Å²) in [5.74, 6) is 0. The minimum absolute atomic E-state index is 0.646. The minimum Gasteiger partial charge on any atom is -0.380 e. The standard InChI is InChI=1S/C10H10BrNO.C2H6/c1-13-6-7-4-9(11)8-2-3-12-10(8)5-7;1-2/h2-5,12H,6H2,1H3;1-2H3. The van der Waals surface area contributed by atoms with E-state index in [0.29, 0.717) is 6.61 Å². The molecule has 2 nitrogen and oxygen atoms in total. The fraction of sp³-hybridized carbons (Fsp3) is 0.333. The van der Waals surface area contributed by atoms with Crippen LogP contribution in [0.2, 0.25) is 0 Å². The smallest absolute Gasteiger partial charge is 0.0714 e. The summed E-state index contributed by atoms with van der Waals surface area (Å²) in [6, 6.07) is 6.24. The van der Waals surface area contributed by atoms with Gasteiger partial charge in [0.05, 0.1) is 6.61 Å². The molecule has 2 rings (SSSR count). The van der Waals surface area contributed by atoms with E-state index >= 15 is 0 Å². The van der Waals surface area contributed by atoms with Crippen LogP contribution in [0.25, 0.3) is 10.9 Å². The van der Waals surface area contributed by atoms with Crippen LogP contribution in [-0.2, 0) is 11.3 Å². The molecule has 0 spiro atoms. The average Bonchev–Trinajstić information content (AvgIpc) is 2.70. The maximum Gasteiger partial charge on any atom is 0.0714 e. The summed E-state index contributed by atoms with van der Waals surface area (Å²) in [7, 11) is 1.70. The lowest BCUT2D eigenvalue weighted by Crippen LogP contribution is -1.87. The van der Waals surface area contributed by atoms with Crippen LogP contribution in [0.1, 0.15) is 19.4 Å². The van der Waals surface area contributed by atoms with Crippen LogP contribution < -0.4 is 0 Å². The first-order valence-electron chi connectivity index (χ1n) is 5.05. The van der Waals surface area contributed by atoms with E-state index < -0.39 is 0 Å². The highest BCUT2D eigenvalue weighted by atomic mass is 79.9. The van der Waals surface area contributed by atoms with Crippen LogP contribution >= 0.6 is 15.9 Å². The van der Waals surface area contributed by atoms with Crippen molar-refractivity contribution < 1.29 is 4.74 Å². The predicted molar refractivity (Wildman–Crippen MR) is 68.1 cm³/mol. The molecule has 0 saturated heterocycles. The molecule has 0 amide bonds. The molecule has 0 bridgehead atoms. The molecule has 3 heteroatoms. The summed E-state index contributed by atoms with van der Waals surface area (Å²) >= 11 is 3.52. The Kier molecular flexibility index (Phi) is 4.85. The second-order valence-electron chi connectivity index (χ2n) is 2.95. The summed E-state index contributed by atoms with van der Waals surface area (Å²) in [6.45, 7) is 4.65. The lowest BCUT2D eigenvalue weighted by Gasteiger charge is -2.01. The molecular weight excluding hydrogens is 254 g/mol. The molecule has 0 radical (unpaired) electrons. The lowest BCUT2D eigenvalue weighted by atomic mass is 10.2. The van der Waals surface area contributed by atoms with Gasteiger partial charge >= 0.3 is 0 Å². The van der Waals surface area contributed by atoms with Gasteiger partial charge in [0.15, 0.2) is 0 Å². The zero-order chi connectivity index (χ0) is 11.3. The van der Waals surface area contributed by atoms with Crippen LogP contribution in [-0.4, -0.2) is 12.1 Å². The second kappa shape index (κ2) is 5.93. The van der Waals surface area contributed by atoms with Crippen molar-refractivity contribution in [2.75, 3.05) is 7.11 Å². The molecule has 1 aromatic carbocycles. The first-order chi connectivity index (χ1) is 7.31. The molecule has 0 fully saturated rings. The van der Waals surface area contributed by atoms with Gasteiger partial charge in [0.1, 0.15) is 0 Å². The molecule has 82 valence electrons. The number of benzene rings is 1. The van der Waals surface area contributed by atoms with E-state index in [1.54, 1.807) is 7.11 Å². The van der Waals surface area contributed by atoms with Crippen molar-refractivity contribution in [2.45, 2.75) is 20.5 Å². The molecule has 1 aromatic heterocycles. The Balaban J connectivity index is 0.000000531. The molecule has 0 aliphatic heterocycles. The second-order valence-corrected chi connectivity index (χ2v) is 3.80. The van der Waals surface area contributed by atoms with Crippen molar-refractivity contribution in [2.24, 2.45) is 0 Å². The maximum absolute atomic E-state index is 5.07. The summed E-state index contributed by atoms with van der Waals surface area (Å²) in [5.41, 5.74) is 2.31. The van der Waals surface area contributed by atoms with E-state index in [0.717, 1.165) is 9.99 Å². The Hall–Kier alpha value is -0.800.